The number of thioether (sulfide) groups is 2. The van der Waals surface area contributed by atoms with Crippen molar-refractivity contribution in [2.24, 2.45) is 0 Å². The van der Waals surface area contributed by atoms with E-state index in [9.17, 15) is 9.59 Å². The molecule has 2 aliphatic heterocycles. The Morgan fingerprint density at radius 2 is 1.69 bits per heavy atom. The van der Waals surface area contributed by atoms with E-state index in [0.717, 1.165) is 26.8 Å². The molecule has 0 amide bonds. The summed E-state index contributed by atoms with van der Waals surface area (Å²) in [6.45, 7) is 6.48. The van der Waals surface area contributed by atoms with Gasteiger partial charge in [0.1, 0.15) is 15.6 Å². The lowest BCUT2D eigenvalue weighted by atomic mass is 9.85. The number of nitrogens with one attached hydrogen (secondary N) is 1. The van der Waals surface area contributed by atoms with Gasteiger partial charge in [-0.3, -0.25) is 0 Å². The van der Waals surface area contributed by atoms with E-state index in [1.54, 1.807) is 0 Å². The third kappa shape index (κ3) is 4.04. The second kappa shape index (κ2) is 8.41. The fraction of sp³-hybridized carbons (Fsp3) is 0.350. The van der Waals surface area contributed by atoms with E-state index in [4.69, 9.17) is 26.4 Å². The molecule has 0 saturated carbocycles. The molecule has 9 heteroatoms. The maximum absolute atomic E-state index is 12.2. The second-order valence-electron chi connectivity index (χ2n) is 6.73. The van der Waals surface area contributed by atoms with Crippen LogP contribution in [0.2, 0.25) is 0 Å². The lowest BCUT2D eigenvalue weighted by Crippen LogP contribution is -2.43. The van der Waals surface area contributed by atoms with Crippen LogP contribution in [0.1, 0.15) is 26.3 Å². The number of fused-ring (bicyclic) bond motifs is 1. The highest BCUT2D eigenvalue weighted by atomic mass is 32.2. The van der Waals surface area contributed by atoms with Crippen molar-refractivity contribution in [3.63, 3.8) is 0 Å². The zero-order valence-corrected chi connectivity index (χ0v) is 19.2. The van der Waals surface area contributed by atoms with E-state index in [1.807, 2.05) is 39.0 Å². The molecule has 0 bridgehead atoms. The van der Waals surface area contributed by atoms with Crippen LogP contribution in [0.5, 0.6) is 5.75 Å². The van der Waals surface area contributed by atoms with Gasteiger partial charge in [0.25, 0.3) is 0 Å². The fourth-order valence-corrected chi connectivity index (χ4v) is 5.98. The fourth-order valence-electron chi connectivity index (χ4n) is 2.99. The number of esters is 2. The minimum atomic E-state index is -0.579. The van der Waals surface area contributed by atoms with Gasteiger partial charge in [0.2, 0.25) is 0 Å². The number of thiocarbonyl (C=S) groups is 1. The molecule has 2 aliphatic rings. The predicted molar refractivity (Wildman–Crippen MR) is 121 cm³/mol. The summed E-state index contributed by atoms with van der Waals surface area (Å²) in [5, 5.41) is 3.46. The van der Waals surface area contributed by atoms with Crippen molar-refractivity contribution in [2.45, 2.75) is 26.3 Å². The van der Waals surface area contributed by atoms with Crippen LogP contribution in [0.15, 0.2) is 32.2 Å². The van der Waals surface area contributed by atoms with E-state index in [-0.39, 0.29) is 9.81 Å². The van der Waals surface area contributed by atoms with Gasteiger partial charge >= 0.3 is 11.9 Å². The van der Waals surface area contributed by atoms with Crippen LogP contribution >= 0.6 is 35.7 Å². The van der Waals surface area contributed by atoms with Crippen LogP contribution in [0.4, 0.5) is 5.69 Å². The number of rotatable bonds is 4. The van der Waals surface area contributed by atoms with Crippen LogP contribution in [0.25, 0.3) is 5.57 Å². The molecule has 3 rings (SSSR count). The molecule has 0 spiro atoms. The topological polar surface area (TPSA) is 73.9 Å². The van der Waals surface area contributed by atoms with Crippen molar-refractivity contribution in [3.05, 3.63) is 37.8 Å². The molecular weight excluding hydrogens is 430 g/mol. The molecule has 29 heavy (non-hydrogen) atoms. The van der Waals surface area contributed by atoms with Crippen LogP contribution in [0, 0.1) is 0 Å². The van der Waals surface area contributed by atoms with Gasteiger partial charge in [0.15, 0.2) is 0 Å². The lowest BCUT2D eigenvalue weighted by Gasteiger charge is -2.37. The van der Waals surface area contributed by atoms with E-state index in [1.165, 1.54) is 37.7 Å². The summed E-state index contributed by atoms with van der Waals surface area (Å²) in [7, 11) is 2.56. The molecule has 6 nitrogen and oxygen atoms in total. The zero-order chi connectivity index (χ0) is 21.3. The monoisotopic (exact) mass is 451 g/mol. The van der Waals surface area contributed by atoms with Crippen molar-refractivity contribution >= 4 is 63.8 Å². The summed E-state index contributed by atoms with van der Waals surface area (Å²) in [5.74, 6) is -0.406. The van der Waals surface area contributed by atoms with Crippen LogP contribution in [0.3, 0.4) is 0 Å². The van der Waals surface area contributed by atoms with Crippen molar-refractivity contribution in [1.82, 2.24) is 0 Å². The second-order valence-corrected chi connectivity index (χ2v) is 9.44. The Morgan fingerprint density at radius 1 is 1.10 bits per heavy atom. The third-order valence-corrected chi connectivity index (χ3v) is 7.63. The molecule has 0 saturated heterocycles. The Balaban J connectivity index is 2.14. The number of carbonyl (C=O) groups is 2. The number of anilines is 1. The average molecular weight is 452 g/mol. The number of benzene rings is 1. The molecule has 1 N–H and O–H groups in total. The largest absolute Gasteiger partial charge is 0.494 e. The van der Waals surface area contributed by atoms with Gasteiger partial charge in [0, 0.05) is 27.8 Å². The van der Waals surface area contributed by atoms with E-state index in [2.05, 4.69) is 5.32 Å². The Morgan fingerprint density at radius 3 is 2.21 bits per heavy atom. The van der Waals surface area contributed by atoms with Gasteiger partial charge in [0.05, 0.1) is 30.6 Å². The average Bonchev–Trinajstić information content (AvgIpc) is 3.12. The molecule has 0 aliphatic carbocycles. The summed E-state index contributed by atoms with van der Waals surface area (Å²) in [5.41, 5.74) is 2.08. The minimum absolute atomic E-state index is 0.207. The summed E-state index contributed by atoms with van der Waals surface area (Å²) in [6.07, 6.45) is 0. The Bertz CT molecular complexity index is 935. The Kier molecular flexibility index (Phi) is 6.30. The summed E-state index contributed by atoms with van der Waals surface area (Å²) >= 11 is 8.17. The van der Waals surface area contributed by atoms with Gasteiger partial charge in [-0.2, -0.15) is 0 Å². The number of methoxy groups -OCH3 is 2. The molecular formula is C20H21NO5S3. The highest BCUT2D eigenvalue weighted by molar-refractivity contribution is 8.29. The van der Waals surface area contributed by atoms with Crippen molar-refractivity contribution in [1.29, 1.82) is 0 Å². The normalized spacial score (nSPS) is 17.6. The highest BCUT2D eigenvalue weighted by Gasteiger charge is 2.40. The summed E-state index contributed by atoms with van der Waals surface area (Å²) in [6, 6.07) is 5.75. The smallest absolute Gasteiger partial charge is 0.346 e. The quantitative estimate of drug-likeness (QED) is 0.408. The molecule has 0 radical (unpaired) electrons. The molecule has 2 heterocycles. The summed E-state index contributed by atoms with van der Waals surface area (Å²) < 4.78 is 16.1. The molecule has 1 aromatic carbocycles. The Hall–Kier alpha value is -1.97. The molecule has 1 aromatic rings. The van der Waals surface area contributed by atoms with Crippen molar-refractivity contribution < 1.29 is 23.8 Å². The lowest BCUT2D eigenvalue weighted by molar-refractivity contribution is -0.138. The molecule has 0 fully saturated rings. The van der Waals surface area contributed by atoms with Crippen LogP contribution in [-0.4, -0.2) is 43.2 Å². The maximum atomic E-state index is 12.2. The third-order valence-electron chi connectivity index (χ3n) is 4.35. The van der Waals surface area contributed by atoms with Gasteiger partial charge < -0.3 is 19.5 Å². The molecule has 0 unspecified atom stereocenters. The zero-order valence-electron chi connectivity index (χ0n) is 16.7. The SMILES string of the molecule is CCOc1ccc2c(c1)NC(C)(C)C(=S)C2=C1SC(C(=O)OC)=C(C(=O)OC)S1. The van der Waals surface area contributed by atoms with Crippen molar-refractivity contribution in [3.8, 4) is 5.75 Å². The van der Waals surface area contributed by atoms with Crippen LogP contribution < -0.4 is 10.1 Å². The summed E-state index contributed by atoms with van der Waals surface area (Å²) in [4.78, 5) is 25.6. The van der Waals surface area contributed by atoms with E-state index >= 15 is 0 Å². The van der Waals surface area contributed by atoms with Gasteiger partial charge in [-0.15, -0.1) is 0 Å². The number of ether oxygens (including phenoxy) is 3. The van der Waals surface area contributed by atoms with Crippen molar-refractivity contribution in [2.75, 3.05) is 26.1 Å². The number of hydrogen-bond acceptors (Lipinski definition) is 9. The highest BCUT2D eigenvalue weighted by Crippen LogP contribution is 2.55. The minimum Gasteiger partial charge on any atom is -0.494 e. The first-order valence-corrected chi connectivity index (χ1v) is 10.9. The first-order valence-electron chi connectivity index (χ1n) is 8.84. The number of carbonyl (C=O) groups excluding carboxylic acids is 2. The van der Waals surface area contributed by atoms with Gasteiger partial charge in [-0.1, -0.05) is 35.7 Å². The standard InChI is InChI=1S/C20H21NO5S3/c1-6-26-10-7-8-11-12(9-10)21-20(2,3)16(27)13(11)19-28-14(17(22)24-4)15(29-19)18(23)25-5/h7-9,21H,6H2,1-5H3. The van der Waals surface area contributed by atoms with Gasteiger partial charge in [-0.05, 0) is 32.9 Å². The molecule has 0 aromatic heterocycles. The van der Waals surface area contributed by atoms with E-state index in [0.29, 0.717) is 11.5 Å². The molecule has 154 valence electrons. The Labute approximate surface area is 183 Å². The molecule has 0 atom stereocenters. The van der Waals surface area contributed by atoms with Crippen LogP contribution in [-0.2, 0) is 19.1 Å². The first-order chi connectivity index (χ1) is 13.7. The first kappa shape index (κ1) is 21.7. The van der Waals surface area contributed by atoms with E-state index < -0.39 is 17.5 Å². The predicted octanol–water partition coefficient (Wildman–Crippen LogP) is 4.37. The van der Waals surface area contributed by atoms with Gasteiger partial charge in [-0.25, -0.2) is 9.59 Å². The number of hydrogen-bond donors (Lipinski definition) is 1. The maximum Gasteiger partial charge on any atom is 0.346 e.